The molecule has 0 bridgehead atoms. The fourth-order valence-electron chi connectivity index (χ4n) is 3.61. The molecule has 1 fully saturated rings. The second-order valence-corrected chi connectivity index (χ2v) is 6.72. The van der Waals surface area contributed by atoms with Crippen molar-refractivity contribution < 1.29 is 14.3 Å². The number of amides is 1. The molecule has 0 aliphatic carbocycles. The van der Waals surface area contributed by atoms with Crippen molar-refractivity contribution >= 4 is 5.91 Å². The maximum Gasteiger partial charge on any atom is 0.253 e. The first-order valence-corrected chi connectivity index (χ1v) is 8.66. The minimum Gasteiger partial charge on any atom is -0.444 e. The summed E-state index contributed by atoms with van der Waals surface area (Å²) in [5.41, 5.74) is 2.22. The maximum atomic E-state index is 12.9. The molecule has 1 N–H and O–H groups in total. The molecule has 26 heavy (non-hydrogen) atoms. The Morgan fingerprint density at radius 3 is 2.58 bits per heavy atom. The lowest BCUT2D eigenvalue weighted by Crippen LogP contribution is -2.37. The number of benzene rings is 2. The number of likely N-dealkylation sites (tertiary alicyclic amines) is 1. The van der Waals surface area contributed by atoms with Crippen molar-refractivity contribution in [3.63, 3.8) is 0 Å². The van der Waals surface area contributed by atoms with Crippen molar-refractivity contribution in [2.75, 3.05) is 19.7 Å². The van der Waals surface area contributed by atoms with Crippen LogP contribution in [0.4, 0.5) is 0 Å². The highest BCUT2D eigenvalue weighted by Gasteiger charge is 2.41. The Bertz CT molecular complexity index is 875. The molecule has 0 spiro atoms. The van der Waals surface area contributed by atoms with Gasteiger partial charge in [-0.2, -0.15) is 0 Å². The zero-order chi connectivity index (χ0) is 18.0. The third-order valence-corrected chi connectivity index (χ3v) is 5.18. The predicted octanol–water partition coefficient (Wildman–Crippen LogP) is 3.12. The smallest absolute Gasteiger partial charge is 0.253 e. The first-order valence-electron chi connectivity index (χ1n) is 8.66. The lowest BCUT2D eigenvalue weighted by Gasteiger charge is -2.27. The zero-order valence-electron chi connectivity index (χ0n) is 14.3. The van der Waals surface area contributed by atoms with Crippen LogP contribution in [-0.4, -0.2) is 40.6 Å². The Hall–Kier alpha value is -2.92. The predicted molar refractivity (Wildman–Crippen MR) is 97.7 cm³/mol. The number of hydrogen-bond donors (Lipinski definition) is 1. The second kappa shape index (κ2) is 6.77. The standard InChI is InChI=1S/C21H20N2O3/c24-14-21(18-4-2-1-3-5-18)10-11-23(13-21)20(25)17-8-6-16(7-9-17)19-12-22-15-26-19/h1-9,12,15,24H,10-11,13-14H2. The molecule has 0 radical (unpaired) electrons. The summed E-state index contributed by atoms with van der Waals surface area (Å²) < 4.78 is 5.28. The lowest BCUT2D eigenvalue weighted by atomic mass is 9.80. The minimum atomic E-state index is -0.378. The van der Waals surface area contributed by atoms with E-state index in [0.717, 1.165) is 17.5 Å². The fraction of sp³-hybridized carbons (Fsp3) is 0.238. The number of aliphatic hydroxyl groups excluding tert-OH is 1. The summed E-state index contributed by atoms with van der Waals surface area (Å²) >= 11 is 0. The Morgan fingerprint density at radius 2 is 1.92 bits per heavy atom. The van der Waals surface area contributed by atoms with Crippen LogP contribution in [0.25, 0.3) is 11.3 Å². The average Bonchev–Trinajstić information content (AvgIpc) is 3.39. The van der Waals surface area contributed by atoms with Crippen LogP contribution < -0.4 is 0 Å². The Labute approximate surface area is 151 Å². The van der Waals surface area contributed by atoms with E-state index in [0.29, 0.717) is 24.4 Å². The SMILES string of the molecule is O=C(c1ccc(-c2cnco2)cc1)N1CCC(CO)(c2ccccc2)C1. The number of aromatic nitrogens is 1. The van der Waals surface area contributed by atoms with Crippen LogP contribution in [0.15, 0.2) is 71.6 Å². The van der Waals surface area contributed by atoms with E-state index < -0.39 is 0 Å². The van der Waals surface area contributed by atoms with Gasteiger partial charge < -0.3 is 14.4 Å². The summed E-state index contributed by atoms with van der Waals surface area (Å²) in [7, 11) is 0. The quantitative estimate of drug-likeness (QED) is 0.787. The molecule has 1 atom stereocenters. The fourth-order valence-corrected chi connectivity index (χ4v) is 3.61. The van der Waals surface area contributed by atoms with Crippen molar-refractivity contribution in [1.29, 1.82) is 0 Å². The molecule has 5 nitrogen and oxygen atoms in total. The van der Waals surface area contributed by atoms with Gasteiger partial charge in [-0.3, -0.25) is 4.79 Å². The number of rotatable bonds is 4. The van der Waals surface area contributed by atoms with Crippen LogP contribution in [0.2, 0.25) is 0 Å². The van der Waals surface area contributed by atoms with E-state index in [4.69, 9.17) is 4.42 Å². The lowest BCUT2D eigenvalue weighted by molar-refractivity contribution is 0.0774. The van der Waals surface area contributed by atoms with Gasteiger partial charge in [-0.05, 0) is 24.1 Å². The van der Waals surface area contributed by atoms with Crippen molar-refractivity contribution in [2.45, 2.75) is 11.8 Å². The Kier molecular flexibility index (Phi) is 4.31. The molecule has 1 aliphatic rings. The second-order valence-electron chi connectivity index (χ2n) is 6.72. The van der Waals surface area contributed by atoms with Gasteiger partial charge in [0.1, 0.15) is 0 Å². The molecule has 1 amide bonds. The molecule has 3 aromatic rings. The minimum absolute atomic E-state index is 0.0135. The molecular weight excluding hydrogens is 328 g/mol. The van der Waals surface area contributed by atoms with Crippen molar-refractivity contribution in [2.24, 2.45) is 0 Å². The topological polar surface area (TPSA) is 66.6 Å². The highest BCUT2D eigenvalue weighted by molar-refractivity contribution is 5.95. The molecule has 1 unspecified atom stereocenters. The first-order chi connectivity index (χ1) is 12.7. The molecule has 1 saturated heterocycles. The van der Waals surface area contributed by atoms with Gasteiger partial charge in [0.2, 0.25) is 0 Å². The van der Waals surface area contributed by atoms with Gasteiger partial charge in [-0.1, -0.05) is 42.5 Å². The number of carbonyl (C=O) groups is 1. The number of carbonyl (C=O) groups excluding carboxylic acids is 1. The van der Waals surface area contributed by atoms with Gasteiger partial charge in [0.25, 0.3) is 5.91 Å². The van der Waals surface area contributed by atoms with Crippen LogP contribution in [0.3, 0.4) is 0 Å². The Morgan fingerprint density at radius 1 is 1.15 bits per heavy atom. The summed E-state index contributed by atoms with van der Waals surface area (Å²) in [6.07, 6.45) is 3.79. The van der Waals surface area contributed by atoms with E-state index in [1.807, 2.05) is 59.5 Å². The average molecular weight is 348 g/mol. The zero-order valence-corrected chi connectivity index (χ0v) is 14.3. The molecule has 5 heteroatoms. The van der Waals surface area contributed by atoms with Crippen LogP contribution >= 0.6 is 0 Å². The van der Waals surface area contributed by atoms with Gasteiger partial charge in [0, 0.05) is 29.6 Å². The monoisotopic (exact) mass is 348 g/mol. The van der Waals surface area contributed by atoms with Gasteiger partial charge in [0.05, 0.1) is 12.8 Å². The number of hydrogen-bond acceptors (Lipinski definition) is 4. The van der Waals surface area contributed by atoms with Crippen LogP contribution in [0.5, 0.6) is 0 Å². The third-order valence-electron chi connectivity index (χ3n) is 5.18. The largest absolute Gasteiger partial charge is 0.444 e. The molecule has 2 aromatic carbocycles. The van der Waals surface area contributed by atoms with Crippen LogP contribution in [0.1, 0.15) is 22.3 Å². The summed E-state index contributed by atoms with van der Waals surface area (Å²) in [6, 6.07) is 17.3. The molecule has 2 heterocycles. The summed E-state index contributed by atoms with van der Waals surface area (Å²) in [4.78, 5) is 18.6. The highest BCUT2D eigenvalue weighted by atomic mass is 16.3. The molecule has 1 aliphatic heterocycles. The highest BCUT2D eigenvalue weighted by Crippen LogP contribution is 2.35. The summed E-state index contributed by atoms with van der Waals surface area (Å²) in [5, 5.41) is 10.0. The van der Waals surface area contributed by atoms with Crippen LogP contribution in [-0.2, 0) is 5.41 Å². The van der Waals surface area contributed by atoms with Crippen LogP contribution in [0, 0.1) is 0 Å². The molecule has 132 valence electrons. The van der Waals surface area contributed by atoms with E-state index in [1.54, 1.807) is 6.20 Å². The first kappa shape index (κ1) is 16.5. The maximum absolute atomic E-state index is 12.9. The van der Waals surface area contributed by atoms with Crippen molar-refractivity contribution in [3.8, 4) is 11.3 Å². The number of oxazole rings is 1. The van der Waals surface area contributed by atoms with E-state index >= 15 is 0 Å². The normalized spacial score (nSPS) is 19.7. The van der Waals surface area contributed by atoms with E-state index in [1.165, 1.54) is 6.39 Å². The van der Waals surface area contributed by atoms with Crippen molar-refractivity contribution in [1.82, 2.24) is 9.88 Å². The van der Waals surface area contributed by atoms with Gasteiger partial charge in [0.15, 0.2) is 12.2 Å². The van der Waals surface area contributed by atoms with Gasteiger partial charge >= 0.3 is 0 Å². The van der Waals surface area contributed by atoms with Gasteiger partial charge in [-0.15, -0.1) is 0 Å². The van der Waals surface area contributed by atoms with E-state index in [2.05, 4.69) is 4.98 Å². The molecule has 0 saturated carbocycles. The van der Waals surface area contributed by atoms with E-state index in [-0.39, 0.29) is 17.9 Å². The summed E-state index contributed by atoms with van der Waals surface area (Å²) in [5.74, 6) is 0.661. The van der Waals surface area contributed by atoms with Gasteiger partial charge in [-0.25, -0.2) is 4.98 Å². The van der Waals surface area contributed by atoms with Crippen molar-refractivity contribution in [3.05, 3.63) is 78.3 Å². The van der Waals surface area contributed by atoms with E-state index in [9.17, 15) is 9.90 Å². The number of aliphatic hydroxyl groups is 1. The third kappa shape index (κ3) is 2.91. The molecule has 4 rings (SSSR count). The number of nitrogens with zero attached hydrogens (tertiary/aromatic N) is 2. The molecule has 1 aromatic heterocycles. The summed E-state index contributed by atoms with van der Waals surface area (Å²) in [6.45, 7) is 1.19. The molecular formula is C21H20N2O3. The Balaban J connectivity index is 1.52.